The van der Waals surface area contributed by atoms with Crippen LogP contribution in [0, 0.1) is 5.92 Å². The Morgan fingerprint density at radius 1 is 1.07 bits per heavy atom. The van der Waals surface area contributed by atoms with Gasteiger partial charge in [-0.25, -0.2) is 0 Å². The van der Waals surface area contributed by atoms with E-state index in [2.05, 4.69) is 10.9 Å². The second-order valence-electron chi connectivity index (χ2n) is 6.74. The number of benzene rings is 1. The number of nitrogens with zero attached hydrogens (tertiary/aromatic N) is 1. The van der Waals surface area contributed by atoms with E-state index < -0.39 is 5.91 Å². The Bertz CT molecular complexity index is 744. The Balaban J connectivity index is 1.91. The van der Waals surface area contributed by atoms with Crippen LogP contribution in [0.1, 0.15) is 30.1 Å². The Morgan fingerprint density at radius 3 is 2.30 bits per heavy atom. The standard InChI is InChI=1S/C20H29N3O7/c1-5-30-20(26)13-7-6-8-23(11-13)12-17(24)21-22-19(25)14-9-15(27-2)18(29-4)16(10-14)28-3/h9-10,13H,5-8,11-12H2,1-4H3,(H,21,24)(H,22,25). The lowest BCUT2D eigenvalue weighted by Gasteiger charge is -2.30. The third kappa shape index (κ3) is 5.99. The summed E-state index contributed by atoms with van der Waals surface area (Å²) in [7, 11) is 4.36. The first kappa shape index (κ1) is 23.3. The number of rotatable bonds is 8. The third-order valence-electron chi connectivity index (χ3n) is 4.74. The van der Waals surface area contributed by atoms with Crippen LogP contribution in [0.4, 0.5) is 0 Å². The van der Waals surface area contributed by atoms with Crippen molar-refractivity contribution in [3.05, 3.63) is 17.7 Å². The Kier molecular flexibility index (Phi) is 8.72. The molecule has 1 saturated heterocycles. The van der Waals surface area contributed by atoms with Crippen molar-refractivity contribution < 1.29 is 33.3 Å². The van der Waals surface area contributed by atoms with Crippen LogP contribution in [0.3, 0.4) is 0 Å². The average molecular weight is 423 g/mol. The molecule has 2 rings (SSSR count). The van der Waals surface area contributed by atoms with E-state index >= 15 is 0 Å². The molecular weight excluding hydrogens is 394 g/mol. The van der Waals surface area contributed by atoms with E-state index in [1.54, 1.807) is 6.92 Å². The van der Waals surface area contributed by atoms with Gasteiger partial charge in [0.1, 0.15) is 0 Å². The predicted octanol–water partition coefficient (Wildman–Crippen LogP) is 0.749. The number of carbonyl (C=O) groups excluding carboxylic acids is 3. The van der Waals surface area contributed by atoms with Crippen molar-refractivity contribution in [2.24, 2.45) is 5.92 Å². The molecule has 2 N–H and O–H groups in total. The van der Waals surface area contributed by atoms with Crippen LogP contribution in [0.25, 0.3) is 0 Å². The van der Waals surface area contributed by atoms with E-state index in [9.17, 15) is 14.4 Å². The molecule has 0 aliphatic carbocycles. The van der Waals surface area contributed by atoms with E-state index in [1.807, 2.05) is 4.90 Å². The van der Waals surface area contributed by atoms with E-state index in [0.717, 1.165) is 12.8 Å². The zero-order chi connectivity index (χ0) is 22.1. The Morgan fingerprint density at radius 2 is 1.73 bits per heavy atom. The molecule has 1 atom stereocenters. The molecule has 1 aromatic carbocycles. The summed E-state index contributed by atoms with van der Waals surface area (Å²) >= 11 is 0. The summed E-state index contributed by atoms with van der Waals surface area (Å²) in [4.78, 5) is 38.5. The van der Waals surface area contributed by atoms with Crippen LogP contribution in [0.2, 0.25) is 0 Å². The zero-order valence-corrected chi connectivity index (χ0v) is 17.8. The molecular formula is C20H29N3O7. The minimum Gasteiger partial charge on any atom is -0.493 e. The van der Waals surface area contributed by atoms with Crippen molar-refractivity contribution in [1.29, 1.82) is 0 Å². The summed E-state index contributed by atoms with van der Waals surface area (Å²) < 4.78 is 20.7. The number of carbonyl (C=O) groups is 3. The summed E-state index contributed by atoms with van der Waals surface area (Å²) in [6, 6.07) is 2.97. The third-order valence-corrected chi connectivity index (χ3v) is 4.74. The largest absolute Gasteiger partial charge is 0.493 e. The van der Waals surface area contributed by atoms with Crippen molar-refractivity contribution >= 4 is 17.8 Å². The molecule has 0 saturated carbocycles. The van der Waals surface area contributed by atoms with Crippen molar-refractivity contribution in [1.82, 2.24) is 15.8 Å². The molecule has 2 amide bonds. The van der Waals surface area contributed by atoms with Crippen LogP contribution >= 0.6 is 0 Å². The number of esters is 1. The maximum atomic E-state index is 12.4. The van der Waals surface area contributed by atoms with Crippen LogP contribution < -0.4 is 25.1 Å². The van der Waals surface area contributed by atoms with Gasteiger partial charge in [-0.1, -0.05) is 0 Å². The average Bonchev–Trinajstić information content (AvgIpc) is 2.76. The summed E-state index contributed by atoms with van der Waals surface area (Å²) in [6.45, 7) is 3.31. The second-order valence-corrected chi connectivity index (χ2v) is 6.74. The normalized spacial score (nSPS) is 16.3. The number of amides is 2. The van der Waals surface area contributed by atoms with Crippen LogP contribution in [0.15, 0.2) is 12.1 Å². The molecule has 1 fully saturated rings. The molecule has 1 heterocycles. The van der Waals surface area contributed by atoms with Gasteiger partial charge >= 0.3 is 5.97 Å². The lowest BCUT2D eigenvalue weighted by Crippen LogP contribution is -2.49. The number of hydrogen-bond acceptors (Lipinski definition) is 8. The molecule has 0 aromatic heterocycles. The minimum atomic E-state index is -0.536. The highest BCUT2D eigenvalue weighted by molar-refractivity contribution is 5.96. The van der Waals surface area contributed by atoms with Gasteiger partial charge < -0.3 is 18.9 Å². The van der Waals surface area contributed by atoms with Gasteiger partial charge in [0.15, 0.2) is 11.5 Å². The number of likely N-dealkylation sites (tertiary alicyclic amines) is 1. The Labute approximate surface area is 175 Å². The molecule has 0 spiro atoms. The Hall–Kier alpha value is -3.01. The fraction of sp³-hybridized carbons (Fsp3) is 0.550. The smallest absolute Gasteiger partial charge is 0.310 e. The molecule has 166 valence electrons. The lowest BCUT2D eigenvalue weighted by atomic mass is 9.98. The summed E-state index contributed by atoms with van der Waals surface area (Å²) in [5, 5.41) is 0. The monoisotopic (exact) mass is 423 g/mol. The summed E-state index contributed by atoms with van der Waals surface area (Å²) in [6.07, 6.45) is 1.55. The molecule has 1 aliphatic rings. The lowest BCUT2D eigenvalue weighted by molar-refractivity contribution is -0.150. The van der Waals surface area contributed by atoms with Crippen molar-refractivity contribution in [3.8, 4) is 17.2 Å². The molecule has 10 heteroatoms. The van der Waals surface area contributed by atoms with Crippen molar-refractivity contribution in [2.45, 2.75) is 19.8 Å². The molecule has 1 unspecified atom stereocenters. The van der Waals surface area contributed by atoms with Crippen LogP contribution in [0.5, 0.6) is 17.2 Å². The number of hydrazine groups is 1. The first-order valence-electron chi connectivity index (χ1n) is 9.71. The van der Waals surface area contributed by atoms with E-state index in [1.165, 1.54) is 33.5 Å². The van der Waals surface area contributed by atoms with Gasteiger partial charge in [-0.2, -0.15) is 0 Å². The maximum Gasteiger partial charge on any atom is 0.310 e. The molecule has 1 aromatic rings. The van der Waals surface area contributed by atoms with Gasteiger partial charge in [0.05, 0.1) is 40.4 Å². The first-order valence-corrected chi connectivity index (χ1v) is 9.71. The minimum absolute atomic E-state index is 0.0610. The molecule has 0 bridgehead atoms. The number of ether oxygens (including phenoxy) is 4. The summed E-state index contributed by atoms with van der Waals surface area (Å²) in [5.74, 6) is -0.385. The van der Waals surface area contributed by atoms with Crippen LogP contribution in [-0.2, 0) is 14.3 Å². The summed E-state index contributed by atoms with van der Waals surface area (Å²) in [5.41, 5.74) is 4.99. The quantitative estimate of drug-likeness (QED) is 0.465. The SMILES string of the molecule is CCOC(=O)C1CCCN(CC(=O)NNC(=O)c2cc(OC)c(OC)c(OC)c2)C1. The van der Waals surface area contributed by atoms with Gasteiger partial charge in [-0.3, -0.25) is 30.1 Å². The van der Waals surface area contributed by atoms with Crippen molar-refractivity contribution in [3.63, 3.8) is 0 Å². The highest BCUT2D eigenvalue weighted by atomic mass is 16.5. The van der Waals surface area contributed by atoms with Gasteiger partial charge in [0.2, 0.25) is 5.75 Å². The molecule has 30 heavy (non-hydrogen) atoms. The van der Waals surface area contributed by atoms with Crippen molar-refractivity contribution in [2.75, 3.05) is 47.6 Å². The second kappa shape index (κ2) is 11.2. The molecule has 1 aliphatic heterocycles. The van der Waals surface area contributed by atoms with Crippen LogP contribution in [-0.4, -0.2) is 70.3 Å². The number of piperidine rings is 1. The highest BCUT2D eigenvalue weighted by Gasteiger charge is 2.27. The molecule has 0 radical (unpaired) electrons. The molecule has 10 nitrogen and oxygen atoms in total. The number of methoxy groups -OCH3 is 3. The van der Waals surface area contributed by atoms with Gasteiger partial charge in [0.25, 0.3) is 11.8 Å². The van der Waals surface area contributed by atoms with E-state index in [-0.39, 0.29) is 29.9 Å². The van der Waals surface area contributed by atoms with E-state index in [4.69, 9.17) is 18.9 Å². The zero-order valence-electron chi connectivity index (χ0n) is 17.8. The predicted molar refractivity (Wildman–Crippen MR) is 108 cm³/mol. The number of hydrogen-bond donors (Lipinski definition) is 2. The van der Waals surface area contributed by atoms with Gasteiger partial charge in [0, 0.05) is 12.1 Å². The highest BCUT2D eigenvalue weighted by Crippen LogP contribution is 2.38. The van der Waals surface area contributed by atoms with E-state index in [0.29, 0.717) is 36.9 Å². The van der Waals surface area contributed by atoms with Gasteiger partial charge in [-0.15, -0.1) is 0 Å². The fourth-order valence-electron chi connectivity index (χ4n) is 3.31. The topological polar surface area (TPSA) is 115 Å². The number of nitrogens with one attached hydrogen (secondary N) is 2. The first-order chi connectivity index (χ1) is 14.4. The maximum absolute atomic E-state index is 12.4. The fourth-order valence-corrected chi connectivity index (χ4v) is 3.31. The van der Waals surface area contributed by atoms with Gasteiger partial charge in [-0.05, 0) is 38.4 Å².